The standard InChI is InChI=1S/C20H23ClN6O4/c1-19(2,3)31-18(30)26-8-5-20(6-9-26)25-16(28)15-12(21)10-13(17(29)27(15)20)24-14-4-7-22-11-23-14/h4,7,10-11H,5-6,8-9H2,1-3H3,(H,25,28)(H,22,23,24). The smallest absolute Gasteiger partial charge is 0.410 e. The molecule has 31 heavy (non-hydrogen) atoms. The molecule has 2 aliphatic heterocycles. The maximum absolute atomic E-state index is 13.3. The van der Waals surface area contributed by atoms with E-state index in [4.69, 9.17) is 16.3 Å². The molecule has 0 radical (unpaired) electrons. The molecule has 0 aromatic carbocycles. The number of rotatable bonds is 2. The molecule has 0 unspecified atom stereocenters. The molecule has 2 aliphatic rings. The minimum atomic E-state index is -0.963. The second-order valence-corrected chi connectivity index (χ2v) is 8.98. The highest BCUT2D eigenvalue weighted by Crippen LogP contribution is 2.36. The van der Waals surface area contributed by atoms with Gasteiger partial charge in [0.2, 0.25) is 0 Å². The lowest BCUT2D eigenvalue weighted by Gasteiger charge is -2.40. The maximum Gasteiger partial charge on any atom is 0.410 e. The number of amides is 2. The van der Waals surface area contributed by atoms with E-state index in [2.05, 4.69) is 20.6 Å². The van der Waals surface area contributed by atoms with Crippen molar-refractivity contribution in [2.75, 3.05) is 18.4 Å². The number of halogens is 1. The lowest BCUT2D eigenvalue weighted by atomic mass is 9.97. The van der Waals surface area contributed by atoms with E-state index in [1.807, 2.05) is 0 Å². The van der Waals surface area contributed by atoms with Crippen LogP contribution in [0.5, 0.6) is 0 Å². The third-order valence-electron chi connectivity index (χ3n) is 5.23. The van der Waals surface area contributed by atoms with Crippen LogP contribution in [0.15, 0.2) is 29.5 Å². The molecule has 1 spiro atoms. The van der Waals surface area contributed by atoms with Gasteiger partial charge < -0.3 is 20.3 Å². The van der Waals surface area contributed by atoms with Gasteiger partial charge in [0.05, 0.1) is 5.02 Å². The van der Waals surface area contributed by atoms with Crippen LogP contribution in [-0.2, 0) is 10.4 Å². The second-order valence-electron chi connectivity index (χ2n) is 8.57. The van der Waals surface area contributed by atoms with Crippen molar-refractivity contribution in [1.29, 1.82) is 0 Å². The van der Waals surface area contributed by atoms with E-state index < -0.39 is 28.8 Å². The number of hydrogen-bond donors (Lipinski definition) is 2. The average Bonchev–Trinajstić information content (AvgIpc) is 2.98. The number of carbonyl (C=O) groups excluding carboxylic acids is 2. The third-order valence-corrected chi connectivity index (χ3v) is 5.52. The summed E-state index contributed by atoms with van der Waals surface area (Å²) in [7, 11) is 0. The first-order valence-corrected chi connectivity index (χ1v) is 10.3. The molecule has 0 atom stereocenters. The Kier molecular flexibility index (Phi) is 5.12. The van der Waals surface area contributed by atoms with Gasteiger partial charge in [-0.05, 0) is 32.9 Å². The van der Waals surface area contributed by atoms with Crippen molar-refractivity contribution in [2.45, 2.75) is 44.9 Å². The summed E-state index contributed by atoms with van der Waals surface area (Å²) in [6.45, 7) is 6.05. The van der Waals surface area contributed by atoms with Crippen LogP contribution in [0.4, 0.5) is 16.3 Å². The number of carbonyl (C=O) groups is 2. The van der Waals surface area contributed by atoms with Crippen LogP contribution in [-0.4, -0.2) is 50.1 Å². The van der Waals surface area contributed by atoms with Crippen molar-refractivity contribution in [1.82, 2.24) is 24.8 Å². The molecule has 10 nitrogen and oxygen atoms in total. The van der Waals surface area contributed by atoms with E-state index in [-0.39, 0.29) is 16.4 Å². The Hall–Kier alpha value is -3.14. The van der Waals surface area contributed by atoms with Gasteiger partial charge in [0, 0.05) is 32.1 Å². The van der Waals surface area contributed by atoms with Crippen molar-refractivity contribution in [3.8, 4) is 0 Å². The summed E-state index contributed by atoms with van der Waals surface area (Å²) >= 11 is 6.38. The van der Waals surface area contributed by atoms with E-state index in [0.717, 1.165) is 0 Å². The van der Waals surface area contributed by atoms with Gasteiger partial charge in [-0.25, -0.2) is 14.8 Å². The normalized spacial score (nSPS) is 17.3. The number of anilines is 2. The van der Waals surface area contributed by atoms with Crippen LogP contribution >= 0.6 is 11.6 Å². The Bertz CT molecular complexity index is 1090. The first-order chi connectivity index (χ1) is 14.6. The summed E-state index contributed by atoms with van der Waals surface area (Å²) in [5, 5.41) is 6.02. The van der Waals surface area contributed by atoms with Crippen molar-refractivity contribution in [3.05, 3.63) is 45.7 Å². The number of fused-ring (bicyclic) bond motifs is 2. The number of aromatic nitrogens is 3. The van der Waals surface area contributed by atoms with Crippen LogP contribution in [0.3, 0.4) is 0 Å². The highest BCUT2D eigenvalue weighted by Gasteiger charge is 2.47. The highest BCUT2D eigenvalue weighted by atomic mass is 35.5. The fraction of sp³-hybridized carbons (Fsp3) is 0.450. The van der Waals surface area contributed by atoms with Gasteiger partial charge >= 0.3 is 6.09 Å². The van der Waals surface area contributed by atoms with Crippen molar-refractivity contribution >= 4 is 35.1 Å². The Balaban J connectivity index is 1.65. The molecule has 4 rings (SSSR count). The number of nitrogens with zero attached hydrogens (tertiary/aromatic N) is 4. The first kappa shape index (κ1) is 21.1. The van der Waals surface area contributed by atoms with Crippen LogP contribution in [0, 0.1) is 0 Å². The predicted octanol–water partition coefficient (Wildman–Crippen LogP) is 2.46. The monoisotopic (exact) mass is 446 g/mol. The number of piperidine rings is 1. The van der Waals surface area contributed by atoms with E-state index in [1.165, 1.54) is 17.0 Å². The molecule has 164 valence electrons. The molecule has 0 bridgehead atoms. The van der Waals surface area contributed by atoms with E-state index in [9.17, 15) is 14.4 Å². The van der Waals surface area contributed by atoms with Gasteiger partial charge in [-0.3, -0.25) is 14.2 Å². The van der Waals surface area contributed by atoms with E-state index in [0.29, 0.717) is 31.7 Å². The molecule has 11 heteroatoms. The third kappa shape index (κ3) is 3.95. The molecule has 0 saturated carbocycles. The zero-order chi connectivity index (χ0) is 22.4. The number of hydrogen-bond acceptors (Lipinski definition) is 7. The quantitative estimate of drug-likeness (QED) is 0.727. The Labute approximate surface area is 183 Å². The summed E-state index contributed by atoms with van der Waals surface area (Å²) < 4.78 is 6.85. The van der Waals surface area contributed by atoms with Crippen molar-refractivity contribution < 1.29 is 14.3 Å². The van der Waals surface area contributed by atoms with Gasteiger partial charge in [-0.15, -0.1) is 0 Å². The summed E-state index contributed by atoms with van der Waals surface area (Å²) in [4.78, 5) is 47.9. The summed E-state index contributed by atoms with van der Waals surface area (Å²) in [6.07, 6.45) is 3.17. The number of likely N-dealkylation sites (tertiary alicyclic amines) is 1. The van der Waals surface area contributed by atoms with Crippen molar-refractivity contribution in [2.24, 2.45) is 0 Å². The lowest BCUT2D eigenvalue weighted by molar-refractivity contribution is 0.00954. The minimum Gasteiger partial charge on any atom is -0.444 e. The zero-order valence-corrected chi connectivity index (χ0v) is 18.2. The summed E-state index contributed by atoms with van der Waals surface area (Å²) in [5.41, 5.74) is -1.66. The second kappa shape index (κ2) is 7.52. The molecule has 2 aromatic rings. The highest BCUT2D eigenvalue weighted by molar-refractivity contribution is 6.34. The summed E-state index contributed by atoms with van der Waals surface area (Å²) in [6, 6.07) is 3.04. The van der Waals surface area contributed by atoms with Gasteiger partial charge in [-0.1, -0.05) is 11.6 Å². The van der Waals surface area contributed by atoms with Crippen LogP contribution in [0.25, 0.3) is 0 Å². The van der Waals surface area contributed by atoms with Crippen LogP contribution in [0.2, 0.25) is 5.02 Å². The number of pyridine rings is 1. The lowest BCUT2D eigenvalue weighted by Crippen LogP contribution is -2.55. The van der Waals surface area contributed by atoms with Crippen molar-refractivity contribution in [3.63, 3.8) is 0 Å². The molecule has 2 amide bonds. The van der Waals surface area contributed by atoms with Gasteiger partial charge in [0.1, 0.15) is 34.8 Å². The van der Waals surface area contributed by atoms with Gasteiger partial charge in [0.15, 0.2) is 0 Å². The molecular weight excluding hydrogens is 424 g/mol. The molecular formula is C20H23ClN6O4. The minimum absolute atomic E-state index is 0.116. The first-order valence-electron chi connectivity index (χ1n) is 9.89. The molecule has 0 aliphatic carbocycles. The Morgan fingerprint density at radius 3 is 2.61 bits per heavy atom. The fourth-order valence-electron chi connectivity index (χ4n) is 3.86. The average molecular weight is 447 g/mol. The SMILES string of the molecule is CC(C)(C)OC(=O)N1CCC2(CC1)NC(=O)c1c(Cl)cc(Nc3ccncn3)c(=O)n12. The molecule has 4 heterocycles. The van der Waals surface area contributed by atoms with Gasteiger partial charge in [0.25, 0.3) is 11.5 Å². The number of nitrogens with one attached hydrogen (secondary N) is 2. The Morgan fingerprint density at radius 1 is 1.29 bits per heavy atom. The fourth-order valence-corrected chi connectivity index (χ4v) is 4.14. The summed E-state index contributed by atoms with van der Waals surface area (Å²) in [5.74, 6) is 0.0104. The molecule has 2 N–H and O–H groups in total. The largest absolute Gasteiger partial charge is 0.444 e. The van der Waals surface area contributed by atoms with Crippen LogP contribution in [0.1, 0.15) is 44.1 Å². The van der Waals surface area contributed by atoms with Gasteiger partial charge in [-0.2, -0.15) is 0 Å². The molecule has 1 saturated heterocycles. The van der Waals surface area contributed by atoms with E-state index in [1.54, 1.807) is 37.9 Å². The number of ether oxygens (including phenoxy) is 1. The van der Waals surface area contributed by atoms with Crippen LogP contribution < -0.4 is 16.2 Å². The topological polar surface area (TPSA) is 118 Å². The maximum atomic E-state index is 13.3. The van der Waals surface area contributed by atoms with E-state index >= 15 is 0 Å². The molecule has 1 fully saturated rings. The molecule has 2 aromatic heterocycles. The Morgan fingerprint density at radius 2 is 2.00 bits per heavy atom. The predicted molar refractivity (Wildman–Crippen MR) is 114 cm³/mol. The zero-order valence-electron chi connectivity index (χ0n) is 17.4.